The number of nitrogens with zero attached hydrogens (tertiary/aromatic N) is 4. The number of fused-ring (bicyclic) bond motifs is 1. The Morgan fingerprint density at radius 2 is 2.04 bits per heavy atom. The first-order valence-electron chi connectivity index (χ1n) is 9.13. The van der Waals surface area contributed by atoms with Crippen LogP contribution >= 0.6 is 0 Å². The van der Waals surface area contributed by atoms with E-state index in [1.54, 1.807) is 25.4 Å². The molecule has 2 aromatic heterocycles. The Balaban J connectivity index is 1.35. The van der Waals surface area contributed by atoms with Crippen molar-refractivity contribution >= 4 is 23.3 Å². The fraction of sp³-hybridized carbons (Fsp3) is 0.368. The number of aromatic carboxylic acids is 1. The average molecular weight is 383 g/mol. The van der Waals surface area contributed by atoms with Gasteiger partial charge in [0, 0.05) is 38.9 Å². The lowest BCUT2D eigenvalue weighted by molar-refractivity contribution is -0.122. The van der Waals surface area contributed by atoms with Crippen LogP contribution in [0.15, 0.2) is 30.6 Å². The molecule has 1 amide bonds. The Morgan fingerprint density at radius 3 is 2.71 bits per heavy atom. The smallest absolute Gasteiger partial charge is 0.354 e. The molecule has 9 heteroatoms. The van der Waals surface area contributed by atoms with E-state index in [1.165, 1.54) is 6.07 Å². The highest BCUT2D eigenvalue weighted by molar-refractivity contribution is 5.97. The van der Waals surface area contributed by atoms with Gasteiger partial charge in [0.1, 0.15) is 11.4 Å². The second-order valence-electron chi connectivity index (χ2n) is 6.92. The Bertz CT molecular complexity index is 894. The maximum absolute atomic E-state index is 11.8. The van der Waals surface area contributed by atoms with Gasteiger partial charge in [-0.15, -0.1) is 0 Å². The summed E-state index contributed by atoms with van der Waals surface area (Å²) >= 11 is 0. The van der Waals surface area contributed by atoms with E-state index >= 15 is 0 Å². The van der Waals surface area contributed by atoms with Crippen molar-refractivity contribution in [1.29, 1.82) is 0 Å². The maximum atomic E-state index is 11.8. The molecular formula is C19H21N5O4. The van der Waals surface area contributed by atoms with Gasteiger partial charge in [0.25, 0.3) is 5.91 Å². The molecule has 0 aliphatic carbocycles. The van der Waals surface area contributed by atoms with Crippen LogP contribution in [-0.2, 0) is 11.3 Å². The first-order chi connectivity index (χ1) is 13.5. The van der Waals surface area contributed by atoms with Gasteiger partial charge >= 0.3 is 5.97 Å². The van der Waals surface area contributed by atoms with Crippen molar-refractivity contribution in [2.24, 2.45) is 0 Å². The van der Waals surface area contributed by atoms with Crippen LogP contribution in [0.1, 0.15) is 23.0 Å². The lowest BCUT2D eigenvalue weighted by Gasteiger charge is -2.36. The van der Waals surface area contributed by atoms with Crippen LogP contribution in [0.3, 0.4) is 0 Å². The van der Waals surface area contributed by atoms with Gasteiger partial charge in [-0.25, -0.2) is 14.8 Å². The number of carbonyl (C=O) groups excluding carboxylic acids is 1. The molecule has 2 aromatic rings. The molecule has 4 rings (SSSR count). The van der Waals surface area contributed by atoms with E-state index in [4.69, 9.17) is 9.84 Å². The Labute approximate surface area is 162 Å². The topological polar surface area (TPSA) is 108 Å². The molecule has 28 heavy (non-hydrogen) atoms. The number of aromatic nitrogens is 2. The number of carboxylic acids is 1. The molecule has 146 valence electrons. The van der Waals surface area contributed by atoms with Crippen LogP contribution in [0.25, 0.3) is 0 Å². The van der Waals surface area contributed by atoms with E-state index in [1.807, 2.05) is 6.07 Å². The number of hydrogen-bond acceptors (Lipinski definition) is 7. The number of amides is 1. The molecule has 2 N–H and O–H groups in total. The summed E-state index contributed by atoms with van der Waals surface area (Å²) in [4.78, 5) is 35.5. The molecule has 1 atom stereocenters. The van der Waals surface area contributed by atoms with Crippen molar-refractivity contribution in [3.05, 3.63) is 41.9 Å². The molecular weight excluding hydrogens is 362 g/mol. The third-order valence-electron chi connectivity index (χ3n) is 4.93. The number of hydrogen-bond donors (Lipinski definition) is 2. The van der Waals surface area contributed by atoms with Gasteiger partial charge in [-0.05, 0) is 30.7 Å². The second-order valence-corrected chi connectivity index (χ2v) is 6.92. The SMILES string of the molecule is CC1Oc2ncc(CN3CCN(c4ccc(C(=O)O)nc4)CC3)cc2NC1=O. The predicted octanol–water partition coefficient (Wildman–Crippen LogP) is 1.22. The van der Waals surface area contributed by atoms with Crippen LogP contribution in [0, 0.1) is 0 Å². The van der Waals surface area contributed by atoms with E-state index in [2.05, 4.69) is 25.1 Å². The molecule has 9 nitrogen and oxygen atoms in total. The van der Waals surface area contributed by atoms with Gasteiger partial charge < -0.3 is 20.1 Å². The van der Waals surface area contributed by atoms with Gasteiger partial charge in [-0.1, -0.05) is 0 Å². The average Bonchev–Trinajstić information content (AvgIpc) is 2.70. The fourth-order valence-electron chi connectivity index (χ4n) is 3.34. The van der Waals surface area contributed by atoms with Crippen molar-refractivity contribution in [3.63, 3.8) is 0 Å². The third kappa shape index (κ3) is 3.74. The highest BCUT2D eigenvalue weighted by Crippen LogP contribution is 2.28. The first kappa shape index (κ1) is 18.2. The molecule has 1 fully saturated rings. The number of pyridine rings is 2. The van der Waals surface area contributed by atoms with Crippen molar-refractivity contribution in [1.82, 2.24) is 14.9 Å². The van der Waals surface area contributed by atoms with E-state index in [0.29, 0.717) is 11.6 Å². The molecule has 0 spiro atoms. The normalized spacial score (nSPS) is 19.5. The van der Waals surface area contributed by atoms with Gasteiger partial charge in [0.15, 0.2) is 6.10 Å². The Morgan fingerprint density at radius 1 is 1.25 bits per heavy atom. The highest BCUT2D eigenvalue weighted by atomic mass is 16.5. The minimum absolute atomic E-state index is 0.0489. The number of piperazine rings is 1. The minimum Gasteiger partial charge on any atom is -0.477 e. The van der Waals surface area contributed by atoms with Crippen molar-refractivity contribution in [2.45, 2.75) is 19.6 Å². The van der Waals surface area contributed by atoms with Crippen LogP contribution in [0.2, 0.25) is 0 Å². The molecule has 0 aromatic carbocycles. The summed E-state index contributed by atoms with van der Waals surface area (Å²) < 4.78 is 5.49. The molecule has 2 aliphatic heterocycles. The summed E-state index contributed by atoms with van der Waals surface area (Å²) in [5.74, 6) is -0.730. The lowest BCUT2D eigenvalue weighted by atomic mass is 10.2. The molecule has 1 unspecified atom stereocenters. The summed E-state index contributed by atoms with van der Waals surface area (Å²) in [5, 5.41) is 11.8. The van der Waals surface area contributed by atoms with Gasteiger partial charge in [0.05, 0.1) is 11.9 Å². The number of carbonyl (C=O) groups is 2. The molecule has 1 saturated heterocycles. The van der Waals surface area contributed by atoms with Crippen molar-refractivity contribution in [2.75, 3.05) is 36.4 Å². The van der Waals surface area contributed by atoms with Crippen LogP contribution in [0.4, 0.5) is 11.4 Å². The summed E-state index contributed by atoms with van der Waals surface area (Å²) in [6, 6.07) is 5.23. The van der Waals surface area contributed by atoms with Gasteiger partial charge in [-0.2, -0.15) is 0 Å². The highest BCUT2D eigenvalue weighted by Gasteiger charge is 2.25. The monoisotopic (exact) mass is 383 g/mol. The molecule has 2 aliphatic rings. The number of anilines is 2. The number of carboxylic acid groups (broad SMARTS) is 1. The number of nitrogens with one attached hydrogen (secondary N) is 1. The quantitative estimate of drug-likeness (QED) is 0.811. The maximum Gasteiger partial charge on any atom is 0.354 e. The first-order valence-corrected chi connectivity index (χ1v) is 9.13. The molecule has 0 bridgehead atoms. The van der Waals surface area contributed by atoms with Gasteiger partial charge in [-0.3, -0.25) is 9.69 Å². The van der Waals surface area contributed by atoms with Crippen molar-refractivity contribution in [3.8, 4) is 5.88 Å². The summed E-state index contributed by atoms with van der Waals surface area (Å²) in [5.41, 5.74) is 2.60. The summed E-state index contributed by atoms with van der Waals surface area (Å²) in [6.07, 6.45) is 2.86. The molecule has 4 heterocycles. The predicted molar refractivity (Wildman–Crippen MR) is 102 cm³/mol. The van der Waals surface area contributed by atoms with Crippen molar-refractivity contribution < 1.29 is 19.4 Å². The lowest BCUT2D eigenvalue weighted by Crippen LogP contribution is -2.46. The van der Waals surface area contributed by atoms with Crippen LogP contribution in [-0.4, -0.2) is 64.1 Å². The fourth-order valence-corrected chi connectivity index (χ4v) is 3.34. The summed E-state index contributed by atoms with van der Waals surface area (Å²) in [7, 11) is 0. The Hall–Kier alpha value is -3.20. The van der Waals surface area contributed by atoms with E-state index < -0.39 is 12.1 Å². The second kappa shape index (κ2) is 7.43. The Kier molecular flexibility index (Phi) is 4.82. The van der Waals surface area contributed by atoms with E-state index in [0.717, 1.165) is 44.0 Å². The van der Waals surface area contributed by atoms with E-state index in [-0.39, 0.29) is 11.6 Å². The van der Waals surface area contributed by atoms with Crippen LogP contribution in [0.5, 0.6) is 5.88 Å². The zero-order valence-electron chi connectivity index (χ0n) is 15.5. The van der Waals surface area contributed by atoms with Crippen LogP contribution < -0.4 is 15.0 Å². The third-order valence-corrected chi connectivity index (χ3v) is 4.93. The molecule has 0 radical (unpaired) electrons. The zero-order valence-corrected chi connectivity index (χ0v) is 15.5. The van der Waals surface area contributed by atoms with E-state index in [9.17, 15) is 9.59 Å². The minimum atomic E-state index is -1.02. The van der Waals surface area contributed by atoms with Gasteiger partial charge in [0.2, 0.25) is 5.88 Å². The molecule has 0 saturated carbocycles. The largest absolute Gasteiger partial charge is 0.477 e. The standard InChI is InChI=1S/C19H21N5O4/c1-12-17(25)22-16-8-13(9-21-18(16)28-12)11-23-4-6-24(7-5-23)14-2-3-15(19(26)27)20-10-14/h2-3,8-10,12H,4-7,11H2,1H3,(H,22,25)(H,26,27). The summed E-state index contributed by atoms with van der Waals surface area (Å²) in [6.45, 7) is 5.79. The number of rotatable bonds is 4. The zero-order chi connectivity index (χ0) is 19.7. The number of ether oxygens (including phenoxy) is 1.